The van der Waals surface area contributed by atoms with E-state index in [1.54, 1.807) is 0 Å². The normalized spacial score (nSPS) is 16.3. The first-order valence-electron chi connectivity index (χ1n) is 13.8. The number of benzene rings is 1. The Morgan fingerprint density at radius 3 is 2.63 bits per heavy atom. The number of fused-ring (bicyclic) bond motifs is 3. The molecule has 0 bridgehead atoms. The van der Waals surface area contributed by atoms with Gasteiger partial charge >= 0.3 is 0 Å². The number of nitrogens with zero attached hydrogens (tertiary/aromatic N) is 1. The van der Waals surface area contributed by atoms with Crippen LogP contribution in [0.4, 0.5) is 0 Å². The number of hydroxylamine groups is 1. The third-order valence-electron chi connectivity index (χ3n) is 7.50. The largest absolute Gasteiger partial charge is 0.356 e. The molecule has 6 heteroatoms. The minimum atomic E-state index is -0.0410. The minimum absolute atomic E-state index is 0.0410. The summed E-state index contributed by atoms with van der Waals surface area (Å²) in [4.78, 5) is 35.9. The standard InChI is InChI=1S/C29H45N3O3/c1-4-6-9-14-23(5-2)21-35-31-27(33)17-10-7-8-11-18-28(34)32-20-19-25-24-15-12-13-16-26(24)30-29(25)22(32)3/h12-13,15-16,22-23,30H,4-11,14,17-21H2,1-3H3,(H,31,33). The molecular weight excluding hydrogens is 438 g/mol. The maximum absolute atomic E-state index is 12.9. The molecule has 0 aliphatic carbocycles. The number of aromatic nitrogens is 1. The summed E-state index contributed by atoms with van der Waals surface area (Å²) < 4.78 is 0. The second-order valence-electron chi connectivity index (χ2n) is 10.1. The molecule has 0 radical (unpaired) electrons. The number of H-pyrrole nitrogens is 1. The van der Waals surface area contributed by atoms with Crippen molar-refractivity contribution in [1.82, 2.24) is 15.4 Å². The lowest BCUT2D eigenvalue weighted by Gasteiger charge is -2.33. The third-order valence-corrected chi connectivity index (χ3v) is 7.50. The number of carbonyl (C=O) groups is 2. The van der Waals surface area contributed by atoms with E-state index in [0.717, 1.165) is 57.0 Å². The van der Waals surface area contributed by atoms with Crippen molar-refractivity contribution in [3.05, 3.63) is 35.5 Å². The summed E-state index contributed by atoms with van der Waals surface area (Å²) in [5.41, 5.74) is 6.32. The highest BCUT2D eigenvalue weighted by atomic mass is 16.6. The smallest absolute Gasteiger partial charge is 0.243 e. The maximum atomic E-state index is 12.9. The number of nitrogens with one attached hydrogen (secondary N) is 2. The van der Waals surface area contributed by atoms with Crippen LogP contribution in [0.15, 0.2) is 24.3 Å². The first kappa shape index (κ1) is 27.3. The highest BCUT2D eigenvalue weighted by Crippen LogP contribution is 2.34. The fraction of sp³-hybridized carbons (Fsp3) is 0.655. The number of rotatable bonds is 15. The van der Waals surface area contributed by atoms with E-state index >= 15 is 0 Å². The number of unbranched alkanes of at least 4 members (excludes halogenated alkanes) is 5. The molecule has 2 unspecified atom stereocenters. The molecule has 6 nitrogen and oxygen atoms in total. The Labute approximate surface area is 211 Å². The average Bonchev–Trinajstić information content (AvgIpc) is 3.25. The van der Waals surface area contributed by atoms with Crippen molar-refractivity contribution in [1.29, 1.82) is 0 Å². The zero-order valence-electron chi connectivity index (χ0n) is 22.0. The molecule has 0 spiro atoms. The Hall–Kier alpha value is -2.34. The Morgan fingerprint density at radius 1 is 1.09 bits per heavy atom. The first-order valence-corrected chi connectivity index (χ1v) is 13.8. The van der Waals surface area contributed by atoms with Crippen molar-refractivity contribution >= 4 is 22.7 Å². The van der Waals surface area contributed by atoms with Crippen LogP contribution in [0, 0.1) is 5.92 Å². The van der Waals surface area contributed by atoms with E-state index in [1.165, 1.54) is 35.9 Å². The molecule has 2 N–H and O–H groups in total. The lowest BCUT2D eigenvalue weighted by atomic mass is 9.97. The first-order chi connectivity index (χ1) is 17.0. The van der Waals surface area contributed by atoms with Gasteiger partial charge in [0.05, 0.1) is 12.6 Å². The number of hydrogen-bond donors (Lipinski definition) is 2. The molecule has 2 amide bonds. The van der Waals surface area contributed by atoms with Gasteiger partial charge in [-0.05, 0) is 50.2 Å². The summed E-state index contributed by atoms with van der Waals surface area (Å²) in [6, 6.07) is 8.48. The SMILES string of the molecule is CCCCCC(CC)CONC(=O)CCCCCCC(=O)N1CCc2c([nH]c3ccccc23)C1C. The summed E-state index contributed by atoms with van der Waals surface area (Å²) >= 11 is 0. The predicted molar refractivity (Wildman–Crippen MR) is 142 cm³/mol. The monoisotopic (exact) mass is 483 g/mol. The highest BCUT2D eigenvalue weighted by molar-refractivity contribution is 5.86. The second kappa shape index (κ2) is 14.3. The lowest BCUT2D eigenvalue weighted by Crippen LogP contribution is -2.38. The molecule has 3 rings (SSSR count). The van der Waals surface area contributed by atoms with Crippen LogP contribution in [-0.4, -0.2) is 34.8 Å². The van der Waals surface area contributed by atoms with Crippen LogP contribution in [-0.2, 0) is 20.8 Å². The highest BCUT2D eigenvalue weighted by Gasteiger charge is 2.29. The van der Waals surface area contributed by atoms with E-state index in [9.17, 15) is 9.59 Å². The van der Waals surface area contributed by atoms with Crippen molar-refractivity contribution in [3.8, 4) is 0 Å². The van der Waals surface area contributed by atoms with Gasteiger partial charge in [0, 0.05) is 36.0 Å². The number of hydrogen-bond acceptors (Lipinski definition) is 3. The van der Waals surface area contributed by atoms with E-state index < -0.39 is 0 Å². The Balaban J connectivity index is 1.27. The summed E-state index contributed by atoms with van der Waals surface area (Å²) in [7, 11) is 0. The molecule has 2 atom stereocenters. The van der Waals surface area contributed by atoms with Gasteiger partial charge in [0.15, 0.2) is 0 Å². The third kappa shape index (κ3) is 7.83. The summed E-state index contributed by atoms with van der Waals surface area (Å²) in [6.07, 6.45) is 11.5. The Bertz CT molecular complexity index is 938. The predicted octanol–water partition coefficient (Wildman–Crippen LogP) is 6.61. The Kier molecular flexibility index (Phi) is 11.1. The summed E-state index contributed by atoms with van der Waals surface area (Å²) in [5.74, 6) is 0.711. The van der Waals surface area contributed by atoms with Gasteiger partial charge in [-0.15, -0.1) is 0 Å². The molecule has 2 aromatic rings. The number of amides is 2. The summed E-state index contributed by atoms with van der Waals surface area (Å²) in [6.45, 7) is 7.90. The van der Waals surface area contributed by atoms with Crippen LogP contribution < -0.4 is 5.48 Å². The topological polar surface area (TPSA) is 74.4 Å². The van der Waals surface area contributed by atoms with E-state index in [4.69, 9.17) is 4.84 Å². The van der Waals surface area contributed by atoms with Gasteiger partial charge in [0.25, 0.3) is 0 Å². The lowest BCUT2D eigenvalue weighted by molar-refractivity contribution is -0.135. The fourth-order valence-electron chi connectivity index (χ4n) is 5.21. The van der Waals surface area contributed by atoms with Gasteiger partial charge < -0.3 is 9.88 Å². The van der Waals surface area contributed by atoms with Crippen LogP contribution in [0.2, 0.25) is 0 Å². The summed E-state index contributed by atoms with van der Waals surface area (Å²) in [5, 5.41) is 1.29. The van der Waals surface area contributed by atoms with Crippen LogP contribution in [0.5, 0.6) is 0 Å². The van der Waals surface area contributed by atoms with E-state index in [1.807, 2.05) is 11.0 Å². The molecule has 1 aliphatic heterocycles. The van der Waals surface area contributed by atoms with Crippen LogP contribution in [0.25, 0.3) is 10.9 Å². The van der Waals surface area contributed by atoms with Gasteiger partial charge in [-0.25, -0.2) is 5.48 Å². The number of carbonyl (C=O) groups excluding carboxylic acids is 2. The van der Waals surface area contributed by atoms with Crippen molar-refractivity contribution in [2.24, 2.45) is 5.92 Å². The van der Waals surface area contributed by atoms with Crippen LogP contribution in [0.3, 0.4) is 0 Å². The molecule has 1 aliphatic rings. The molecular formula is C29H45N3O3. The van der Waals surface area contributed by atoms with Crippen molar-refractivity contribution in [2.45, 2.75) is 104 Å². The van der Waals surface area contributed by atoms with Gasteiger partial charge in [-0.2, -0.15) is 0 Å². The zero-order valence-corrected chi connectivity index (χ0v) is 22.0. The molecule has 35 heavy (non-hydrogen) atoms. The molecule has 0 saturated carbocycles. The van der Waals surface area contributed by atoms with Crippen molar-refractivity contribution in [3.63, 3.8) is 0 Å². The molecule has 1 aromatic carbocycles. The molecule has 2 heterocycles. The van der Waals surface area contributed by atoms with Crippen molar-refractivity contribution in [2.75, 3.05) is 13.2 Å². The van der Waals surface area contributed by atoms with E-state index in [2.05, 4.69) is 49.4 Å². The van der Waals surface area contributed by atoms with Gasteiger partial charge in [0.1, 0.15) is 0 Å². The van der Waals surface area contributed by atoms with E-state index in [0.29, 0.717) is 25.4 Å². The minimum Gasteiger partial charge on any atom is -0.356 e. The average molecular weight is 484 g/mol. The molecule has 0 fully saturated rings. The van der Waals surface area contributed by atoms with Gasteiger partial charge in [-0.3, -0.25) is 14.4 Å². The quantitative estimate of drug-likeness (QED) is 0.221. The second-order valence-corrected chi connectivity index (χ2v) is 10.1. The van der Waals surface area contributed by atoms with Gasteiger partial charge in [-0.1, -0.05) is 70.6 Å². The zero-order chi connectivity index (χ0) is 25.0. The van der Waals surface area contributed by atoms with Crippen LogP contribution in [0.1, 0.15) is 109 Å². The van der Waals surface area contributed by atoms with Gasteiger partial charge in [0.2, 0.25) is 11.8 Å². The fourth-order valence-corrected chi connectivity index (χ4v) is 5.21. The maximum Gasteiger partial charge on any atom is 0.243 e. The van der Waals surface area contributed by atoms with E-state index in [-0.39, 0.29) is 17.9 Å². The Morgan fingerprint density at radius 2 is 1.86 bits per heavy atom. The molecule has 194 valence electrons. The number of aromatic amines is 1. The number of para-hydroxylation sites is 1. The molecule has 1 aromatic heterocycles. The van der Waals surface area contributed by atoms with Crippen molar-refractivity contribution < 1.29 is 14.4 Å². The van der Waals surface area contributed by atoms with Crippen LogP contribution >= 0.6 is 0 Å². The molecule has 0 saturated heterocycles.